The van der Waals surface area contributed by atoms with E-state index in [4.69, 9.17) is 0 Å². The largest absolute Gasteiger partial charge is 0.350 e. The second kappa shape index (κ2) is 5.51. The van der Waals surface area contributed by atoms with Crippen LogP contribution in [0.2, 0.25) is 0 Å². The highest BCUT2D eigenvalue weighted by atomic mass is 32.2. The Balaban J connectivity index is 1.59. The molecular weight excluding hydrogens is 304 g/mol. The van der Waals surface area contributed by atoms with Crippen molar-refractivity contribution < 1.29 is 18.0 Å². The van der Waals surface area contributed by atoms with Crippen LogP contribution < -0.4 is 5.32 Å². The van der Waals surface area contributed by atoms with Gasteiger partial charge in [0.25, 0.3) is 0 Å². The zero-order valence-electron chi connectivity index (χ0n) is 13.0. The van der Waals surface area contributed by atoms with Crippen LogP contribution in [-0.4, -0.2) is 55.3 Å². The maximum absolute atomic E-state index is 12.5. The summed E-state index contributed by atoms with van der Waals surface area (Å²) in [5, 5.41) is 2.93. The summed E-state index contributed by atoms with van der Waals surface area (Å²) in [6, 6.07) is 0. The minimum absolute atomic E-state index is 0.0170. The summed E-state index contributed by atoms with van der Waals surface area (Å²) < 4.78 is 23.2. The monoisotopic (exact) mass is 328 g/mol. The molecule has 0 aromatic rings. The van der Waals surface area contributed by atoms with Crippen molar-refractivity contribution in [3.05, 3.63) is 0 Å². The Hall–Kier alpha value is -1.11. The number of piperidine rings is 1. The van der Waals surface area contributed by atoms with Crippen LogP contribution in [0.25, 0.3) is 0 Å². The first-order chi connectivity index (χ1) is 10.3. The van der Waals surface area contributed by atoms with Gasteiger partial charge in [0.2, 0.25) is 11.8 Å². The van der Waals surface area contributed by atoms with Gasteiger partial charge in [-0.05, 0) is 39.0 Å². The van der Waals surface area contributed by atoms with E-state index in [-0.39, 0.29) is 35.2 Å². The molecule has 1 N–H and O–H groups in total. The standard InChI is InChI=1S/C15H24N2O4S/c1-15(6-8-22(20,21)10-15)16-13(18)12-3-2-7-17(9-12)14(19)11-4-5-11/h11-12H,2-10H2,1H3,(H,16,18)/t12-,15-/m1/s1. The van der Waals surface area contributed by atoms with E-state index in [1.165, 1.54) is 0 Å². The van der Waals surface area contributed by atoms with Crippen molar-refractivity contribution in [2.24, 2.45) is 11.8 Å². The van der Waals surface area contributed by atoms with Gasteiger partial charge in [0.1, 0.15) is 0 Å². The third-order valence-electron chi connectivity index (χ3n) is 4.96. The number of hydrogen-bond donors (Lipinski definition) is 1. The zero-order chi connectivity index (χ0) is 16.0. The number of likely N-dealkylation sites (tertiary alicyclic amines) is 1. The molecule has 2 aliphatic heterocycles. The van der Waals surface area contributed by atoms with E-state index in [2.05, 4.69) is 5.32 Å². The molecule has 7 heteroatoms. The highest BCUT2D eigenvalue weighted by Crippen LogP contribution is 2.32. The lowest BCUT2D eigenvalue weighted by Crippen LogP contribution is -2.52. The van der Waals surface area contributed by atoms with Gasteiger partial charge in [-0.25, -0.2) is 8.42 Å². The summed E-state index contributed by atoms with van der Waals surface area (Å²) >= 11 is 0. The molecule has 2 saturated heterocycles. The van der Waals surface area contributed by atoms with Crippen LogP contribution in [0.1, 0.15) is 39.0 Å². The van der Waals surface area contributed by atoms with Crippen LogP contribution in [-0.2, 0) is 19.4 Å². The second-order valence-electron chi connectivity index (χ2n) is 7.29. The lowest BCUT2D eigenvalue weighted by Gasteiger charge is -2.34. The predicted molar refractivity (Wildman–Crippen MR) is 81.8 cm³/mol. The first kappa shape index (κ1) is 15.8. The average Bonchev–Trinajstić information content (AvgIpc) is 3.25. The molecule has 2 amide bonds. The van der Waals surface area contributed by atoms with Crippen molar-refractivity contribution in [3.63, 3.8) is 0 Å². The van der Waals surface area contributed by atoms with E-state index in [1.807, 2.05) is 4.90 Å². The van der Waals surface area contributed by atoms with Crippen LogP contribution >= 0.6 is 0 Å². The van der Waals surface area contributed by atoms with E-state index in [0.717, 1.165) is 32.2 Å². The summed E-state index contributed by atoms with van der Waals surface area (Å²) in [5.41, 5.74) is -0.654. The van der Waals surface area contributed by atoms with Crippen LogP contribution in [0.5, 0.6) is 0 Å². The fourth-order valence-electron chi connectivity index (χ4n) is 3.49. The molecule has 0 radical (unpaired) electrons. The highest BCUT2D eigenvalue weighted by molar-refractivity contribution is 7.91. The molecule has 0 spiro atoms. The molecule has 0 unspecified atom stereocenters. The van der Waals surface area contributed by atoms with Crippen LogP contribution in [0.4, 0.5) is 0 Å². The molecule has 1 aliphatic carbocycles. The Morgan fingerprint density at radius 3 is 2.50 bits per heavy atom. The molecule has 0 aromatic heterocycles. The van der Waals surface area contributed by atoms with E-state index in [9.17, 15) is 18.0 Å². The van der Waals surface area contributed by atoms with Gasteiger partial charge >= 0.3 is 0 Å². The number of amides is 2. The minimum Gasteiger partial charge on any atom is -0.350 e. The molecule has 0 bridgehead atoms. The molecule has 124 valence electrons. The van der Waals surface area contributed by atoms with Gasteiger partial charge in [-0.1, -0.05) is 0 Å². The number of carbonyl (C=O) groups is 2. The summed E-state index contributed by atoms with van der Waals surface area (Å²) in [6.45, 7) is 3.01. The first-order valence-electron chi connectivity index (χ1n) is 8.09. The lowest BCUT2D eigenvalue weighted by molar-refractivity contribution is -0.137. The predicted octanol–water partition coefficient (Wildman–Crippen LogP) is 0.328. The SMILES string of the molecule is C[C@@]1(NC(=O)[C@@H]2CCCN(C(=O)C3CC3)C2)CCS(=O)(=O)C1. The number of rotatable bonds is 3. The van der Waals surface area contributed by atoms with E-state index < -0.39 is 15.4 Å². The molecule has 3 aliphatic rings. The number of carbonyl (C=O) groups excluding carboxylic acids is 2. The maximum atomic E-state index is 12.5. The Labute approximate surface area is 131 Å². The number of nitrogens with zero attached hydrogens (tertiary/aromatic N) is 1. The van der Waals surface area contributed by atoms with Gasteiger partial charge in [0.15, 0.2) is 9.84 Å². The molecule has 0 aromatic carbocycles. The maximum Gasteiger partial charge on any atom is 0.225 e. The highest BCUT2D eigenvalue weighted by Gasteiger charge is 2.42. The minimum atomic E-state index is -3.04. The molecule has 6 nitrogen and oxygen atoms in total. The molecule has 3 fully saturated rings. The normalized spacial score (nSPS) is 34.4. The van der Waals surface area contributed by atoms with Gasteiger partial charge < -0.3 is 10.2 Å². The summed E-state index contributed by atoms with van der Waals surface area (Å²) in [6.07, 6.45) is 4.03. The summed E-state index contributed by atoms with van der Waals surface area (Å²) in [7, 11) is -3.04. The Morgan fingerprint density at radius 2 is 1.91 bits per heavy atom. The third kappa shape index (κ3) is 3.45. The van der Waals surface area contributed by atoms with Crippen molar-refractivity contribution in [2.75, 3.05) is 24.6 Å². The Bertz CT molecular complexity index is 584. The lowest BCUT2D eigenvalue weighted by atomic mass is 9.94. The van der Waals surface area contributed by atoms with Crippen LogP contribution in [0.15, 0.2) is 0 Å². The van der Waals surface area contributed by atoms with Gasteiger partial charge in [-0.2, -0.15) is 0 Å². The van der Waals surface area contributed by atoms with Gasteiger partial charge in [-0.15, -0.1) is 0 Å². The smallest absolute Gasteiger partial charge is 0.225 e. The van der Waals surface area contributed by atoms with Gasteiger partial charge in [-0.3, -0.25) is 9.59 Å². The van der Waals surface area contributed by atoms with Crippen LogP contribution in [0, 0.1) is 11.8 Å². The molecule has 1 saturated carbocycles. The molecule has 2 atom stereocenters. The van der Waals surface area contributed by atoms with Crippen molar-refractivity contribution in [3.8, 4) is 0 Å². The quantitative estimate of drug-likeness (QED) is 0.809. The fourth-order valence-corrected chi connectivity index (χ4v) is 5.58. The summed E-state index contributed by atoms with van der Waals surface area (Å²) in [5.74, 6) is 0.208. The van der Waals surface area contributed by atoms with E-state index in [0.29, 0.717) is 13.0 Å². The Morgan fingerprint density at radius 1 is 1.18 bits per heavy atom. The van der Waals surface area contributed by atoms with Gasteiger partial charge in [0.05, 0.1) is 23.0 Å². The van der Waals surface area contributed by atoms with Crippen molar-refractivity contribution in [1.29, 1.82) is 0 Å². The Kier molecular flexibility index (Phi) is 3.95. The molecule has 22 heavy (non-hydrogen) atoms. The average molecular weight is 328 g/mol. The van der Waals surface area contributed by atoms with Crippen molar-refractivity contribution in [2.45, 2.75) is 44.6 Å². The van der Waals surface area contributed by atoms with Crippen molar-refractivity contribution >= 4 is 21.7 Å². The fraction of sp³-hybridized carbons (Fsp3) is 0.867. The topological polar surface area (TPSA) is 83.6 Å². The number of hydrogen-bond acceptors (Lipinski definition) is 4. The number of sulfone groups is 1. The zero-order valence-corrected chi connectivity index (χ0v) is 13.8. The molecular formula is C15H24N2O4S. The molecule has 3 rings (SSSR count). The van der Waals surface area contributed by atoms with Crippen molar-refractivity contribution in [1.82, 2.24) is 10.2 Å². The van der Waals surface area contributed by atoms with Gasteiger partial charge in [0, 0.05) is 19.0 Å². The van der Waals surface area contributed by atoms with Crippen LogP contribution in [0.3, 0.4) is 0 Å². The molecule has 2 heterocycles. The first-order valence-corrected chi connectivity index (χ1v) is 9.91. The summed E-state index contributed by atoms with van der Waals surface area (Å²) in [4.78, 5) is 26.4. The second-order valence-corrected chi connectivity index (χ2v) is 9.47. The van der Waals surface area contributed by atoms with E-state index in [1.54, 1.807) is 6.92 Å². The van der Waals surface area contributed by atoms with E-state index >= 15 is 0 Å². The number of nitrogens with one attached hydrogen (secondary N) is 1. The third-order valence-corrected chi connectivity index (χ3v) is 6.86.